The Morgan fingerprint density at radius 3 is 3.00 bits per heavy atom. The highest BCUT2D eigenvalue weighted by Crippen LogP contribution is 2.22. The van der Waals surface area contributed by atoms with E-state index < -0.39 is 0 Å². The maximum Gasteiger partial charge on any atom is 0.158 e. The third-order valence-electron chi connectivity index (χ3n) is 3.00. The molecule has 0 aromatic rings. The minimum Gasteiger partial charge on any atom is -0.350 e. The summed E-state index contributed by atoms with van der Waals surface area (Å²) in [6.07, 6.45) is 3.70. The van der Waals surface area contributed by atoms with Crippen LogP contribution in [0.3, 0.4) is 0 Å². The van der Waals surface area contributed by atoms with Crippen molar-refractivity contribution >= 4 is 0 Å². The molecule has 4 nitrogen and oxygen atoms in total. The van der Waals surface area contributed by atoms with Gasteiger partial charge in [0.1, 0.15) is 0 Å². The number of piperidine rings is 1. The molecule has 3 unspecified atom stereocenters. The van der Waals surface area contributed by atoms with Crippen LogP contribution in [0, 0.1) is 5.92 Å². The summed E-state index contributed by atoms with van der Waals surface area (Å²) >= 11 is 0. The van der Waals surface area contributed by atoms with Crippen molar-refractivity contribution in [3.05, 3.63) is 0 Å². The number of ether oxygens (including phenoxy) is 2. The predicted octanol–water partition coefficient (Wildman–Crippen LogP) is 0.0763. The van der Waals surface area contributed by atoms with Crippen LogP contribution in [0.1, 0.15) is 19.3 Å². The van der Waals surface area contributed by atoms with Gasteiger partial charge < -0.3 is 20.5 Å². The molecule has 2 aliphatic heterocycles. The molecule has 0 radical (unpaired) electrons. The molecule has 4 heteroatoms. The van der Waals surface area contributed by atoms with Gasteiger partial charge in [-0.3, -0.25) is 0 Å². The van der Waals surface area contributed by atoms with Crippen LogP contribution in [-0.2, 0) is 9.47 Å². The van der Waals surface area contributed by atoms with Gasteiger partial charge in [0.25, 0.3) is 0 Å². The smallest absolute Gasteiger partial charge is 0.158 e. The fourth-order valence-corrected chi connectivity index (χ4v) is 2.15. The zero-order chi connectivity index (χ0) is 9.80. The van der Waals surface area contributed by atoms with E-state index in [1.807, 2.05) is 0 Å². The number of rotatable bonds is 3. The highest BCUT2D eigenvalue weighted by molar-refractivity contribution is 4.73. The van der Waals surface area contributed by atoms with Gasteiger partial charge in [-0.15, -0.1) is 0 Å². The number of hydrogen-bond acceptors (Lipinski definition) is 4. The molecule has 2 saturated heterocycles. The van der Waals surface area contributed by atoms with Crippen LogP contribution in [-0.4, -0.2) is 38.6 Å². The van der Waals surface area contributed by atoms with Crippen LogP contribution in [0.4, 0.5) is 0 Å². The van der Waals surface area contributed by atoms with Crippen molar-refractivity contribution in [2.24, 2.45) is 11.7 Å². The Balaban J connectivity index is 1.69. The molecule has 0 aliphatic carbocycles. The molecule has 0 aromatic heterocycles. The fraction of sp³-hybridized carbons (Fsp3) is 1.00. The predicted molar refractivity (Wildman–Crippen MR) is 53.9 cm³/mol. The van der Waals surface area contributed by atoms with Gasteiger partial charge in [-0.2, -0.15) is 0 Å². The molecule has 2 fully saturated rings. The van der Waals surface area contributed by atoms with Crippen molar-refractivity contribution in [1.29, 1.82) is 0 Å². The molecule has 0 amide bonds. The first-order valence-corrected chi connectivity index (χ1v) is 5.56. The Morgan fingerprint density at radius 2 is 2.36 bits per heavy atom. The molecule has 14 heavy (non-hydrogen) atoms. The minimum atomic E-state index is -0.00606. The lowest BCUT2D eigenvalue weighted by atomic mass is 9.96. The summed E-state index contributed by atoms with van der Waals surface area (Å²) in [6.45, 7) is 3.51. The number of nitrogens with one attached hydrogen (secondary N) is 1. The van der Waals surface area contributed by atoms with Crippen LogP contribution < -0.4 is 11.1 Å². The van der Waals surface area contributed by atoms with Gasteiger partial charge >= 0.3 is 0 Å². The second kappa shape index (κ2) is 5.07. The van der Waals surface area contributed by atoms with Gasteiger partial charge in [0.2, 0.25) is 0 Å². The normalized spacial score (nSPS) is 38.8. The van der Waals surface area contributed by atoms with Crippen molar-refractivity contribution in [3.63, 3.8) is 0 Å². The Bertz CT molecular complexity index is 172. The summed E-state index contributed by atoms with van der Waals surface area (Å²) in [5.41, 5.74) is 5.51. The van der Waals surface area contributed by atoms with Gasteiger partial charge in [-0.1, -0.05) is 0 Å². The van der Waals surface area contributed by atoms with E-state index in [1.54, 1.807) is 0 Å². The zero-order valence-electron chi connectivity index (χ0n) is 8.58. The molecule has 82 valence electrons. The fourth-order valence-electron chi connectivity index (χ4n) is 2.15. The molecule has 2 heterocycles. The van der Waals surface area contributed by atoms with Crippen LogP contribution in [0.15, 0.2) is 0 Å². The summed E-state index contributed by atoms with van der Waals surface area (Å²) in [6, 6.07) is 0. The largest absolute Gasteiger partial charge is 0.350 e. The van der Waals surface area contributed by atoms with Gasteiger partial charge in [0.05, 0.1) is 12.7 Å². The van der Waals surface area contributed by atoms with Crippen molar-refractivity contribution in [3.8, 4) is 0 Å². The van der Waals surface area contributed by atoms with Crippen LogP contribution in [0.25, 0.3) is 0 Å². The van der Waals surface area contributed by atoms with Gasteiger partial charge in [-0.05, 0) is 31.8 Å². The lowest BCUT2D eigenvalue weighted by Gasteiger charge is -2.24. The molecular weight excluding hydrogens is 180 g/mol. The average Bonchev–Trinajstić information content (AvgIpc) is 2.67. The van der Waals surface area contributed by atoms with Crippen LogP contribution in [0.2, 0.25) is 0 Å². The zero-order valence-corrected chi connectivity index (χ0v) is 8.58. The first-order valence-electron chi connectivity index (χ1n) is 5.56. The van der Waals surface area contributed by atoms with E-state index in [0.717, 1.165) is 19.5 Å². The first-order chi connectivity index (χ1) is 6.88. The summed E-state index contributed by atoms with van der Waals surface area (Å²) in [4.78, 5) is 0. The summed E-state index contributed by atoms with van der Waals surface area (Å²) in [5.74, 6) is 0.713. The highest BCUT2D eigenvalue weighted by atomic mass is 16.7. The quantitative estimate of drug-likeness (QED) is 0.677. The van der Waals surface area contributed by atoms with E-state index in [4.69, 9.17) is 15.2 Å². The van der Waals surface area contributed by atoms with E-state index >= 15 is 0 Å². The maximum absolute atomic E-state index is 5.64. The molecule has 3 N–H and O–H groups in total. The Kier molecular flexibility index (Phi) is 3.75. The number of nitrogens with two attached hydrogens (primary N) is 1. The monoisotopic (exact) mass is 200 g/mol. The lowest BCUT2D eigenvalue weighted by molar-refractivity contribution is -0.0713. The standard InChI is InChI=1S/C10H20N2O2/c11-5-9-7-13-10(14-9)4-8-2-1-3-12-6-8/h8-10,12H,1-7,11H2. The SMILES string of the molecule is NCC1COC(CC2CCCNC2)O1. The molecule has 0 spiro atoms. The Hall–Kier alpha value is -0.160. The molecule has 2 aliphatic rings. The minimum absolute atomic E-state index is 0.00606. The van der Waals surface area contributed by atoms with E-state index in [0.29, 0.717) is 19.1 Å². The molecule has 3 atom stereocenters. The second-order valence-corrected chi connectivity index (χ2v) is 4.20. The van der Waals surface area contributed by atoms with E-state index in [1.165, 1.54) is 12.8 Å². The molecule has 2 rings (SSSR count). The molecule has 0 bridgehead atoms. The topological polar surface area (TPSA) is 56.5 Å². The van der Waals surface area contributed by atoms with Crippen molar-refractivity contribution in [2.75, 3.05) is 26.2 Å². The molecular formula is C10H20N2O2. The van der Waals surface area contributed by atoms with E-state index in [-0.39, 0.29) is 12.4 Å². The third kappa shape index (κ3) is 2.67. The summed E-state index contributed by atoms with van der Waals surface area (Å²) in [5, 5.41) is 3.40. The van der Waals surface area contributed by atoms with Crippen molar-refractivity contribution in [1.82, 2.24) is 5.32 Å². The summed E-state index contributed by atoms with van der Waals surface area (Å²) < 4.78 is 11.2. The lowest BCUT2D eigenvalue weighted by Crippen LogP contribution is -2.32. The van der Waals surface area contributed by atoms with Crippen molar-refractivity contribution in [2.45, 2.75) is 31.7 Å². The average molecular weight is 200 g/mol. The van der Waals surface area contributed by atoms with Crippen molar-refractivity contribution < 1.29 is 9.47 Å². The second-order valence-electron chi connectivity index (χ2n) is 4.20. The molecule has 0 aromatic carbocycles. The summed E-state index contributed by atoms with van der Waals surface area (Å²) in [7, 11) is 0. The first kappa shape index (κ1) is 10.4. The van der Waals surface area contributed by atoms with Gasteiger partial charge in [0.15, 0.2) is 6.29 Å². The van der Waals surface area contributed by atoms with Crippen LogP contribution in [0.5, 0.6) is 0 Å². The van der Waals surface area contributed by atoms with Gasteiger partial charge in [-0.25, -0.2) is 0 Å². The van der Waals surface area contributed by atoms with E-state index in [2.05, 4.69) is 5.32 Å². The Morgan fingerprint density at radius 1 is 1.43 bits per heavy atom. The van der Waals surface area contributed by atoms with Crippen LogP contribution >= 0.6 is 0 Å². The van der Waals surface area contributed by atoms with Gasteiger partial charge in [0, 0.05) is 13.0 Å². The highest BCUT2D eigenvalue weighted by Gasteiger charge is 2.27. The maximum atomic E-state index is 5.64. The Labute approximate surface area is 85.1 Å². The third-order valence-corrected chi connectivity index (χ3v) is 3.00. The number of hydrogen-bond donors (Lipinski definition) is 2. The van der Waals surface area contributed by atoms with E-state index in [9.17, 15) is 0 Å². The molecule has 0 saturated carbocycles.